The molecule has 0 bridgehead atoms. The highest BCUT2D eigenvalue weighted by molar-refractivity contribution is 5.78. The van der Waals surface area contributed by atoms with Crippen molar-refractivity contribution in [2.75, 3.05) is 13.7 Å². The van der Waals surface area contributed by atoms with E-state index in [1.807, 2.05) is 0 Å². The average Bonchev–Trinajstić information content (AvgIpc) is 2.17. The van der Waals surface area contributed by atoms with Crippen molar-refractivity contribution in [1.29, 1.82) is 0 Å². The highest BCUT2D eigenvalue weighted by Crippen LogP contribution is 2.21. The quantitative estimate of drug-likeness (QED) is 0.650. The van der Waals surface area contributed by atoms with E-state index >= 15 is 0 Å². The van der Waals surface area contributed by atoms with Gasteiger partial charge in [-0.05, 0) is 33.1 Å². The summed E-state index contributed by atoms with van der Waals surface area (Å²) in [7, 11) is 1.36. The summed E-state index contributed by atoms with van der Waals surface area (Å²) in [5.41, 5.74) is -0.920. The van der Waals surface area contributed by atoms with Gasteiger partial charge in [0.2, 0.25) is 0 Å². The summed E-state index contributed by atoms with van der Waals surface area (Å²) < 4.78 is 15.6. The van der Waals surface area contributed by atoms with Gasteiger partial charge in [-0.1, -0.05) is 0 Å². The molecular formula is C10H18O4. The second-order valence-electron chi connectivity index (χ2n) is 3.92. The van der Waals surface area contributed by atoms with Crippen LogP contribution in [0.2, 0.25) is 0 Å². The summed E-state index contributed by atoms with van der Waals surface area (Å²) >= 11 is 0. The molecule has 0 spiro atoms. The summed E-state index contributed by atoms with van der Waals surface area (Å²) in [5.74, 6) is -0.369. The van der Waals surface area contributed by atoms with E-state index in [0.717, 1.165) is 19.3 Å². The number of carbonyl (C=O) groups excluding carboxylic acids is 1. The van der Waals surface area contributed by atoms with Gasteiger partial charge in [-0.15, -0.1) is 0 Å². The third-order valence-electron chi connectivity index (χ3n) is 2.24. The Morgan fingerprint density at radius 3 is 2.64 bits per heavy atom. The molecule has 4 nitrogen and oxygen atoms in total. The Balaban J connectivity index is 2.44. The molecule has 0 aliphatic carbocycles. The van der Waals surface area contributed by atoms with Gasteiger partial charge in [0.15, 0.2) is 11.9 Å². The lowest BCUT2D eigenvalue weighted by Crippen LogP contribution is -2.41. The van der Waals surface area contributed by atoms with Crippen molar-refractivity contribution in [3.05, 3.63) is 0 Å². The summed E-state index contributed by atoms with van der Waals surface area (Å²) in [6.07, 6.45) is 2.73. The minimum atomic E-state index is -0.920. The maximum absolute atomic E-state index is 11.3. The second kappa shape index (κ2) is 4.75. The summed E-state index contributed by atoms with van der Waals surface area (Å²) in [5, 5.41) is 0. The zero-order valence-electron chi connectivity index (χ0n) is 9.04. The lowest BCUT2D eigenvalue weighted by Gasteiger charge is -2.30. The fourth-order valence-electron chi connectivity index (χ4n) is 1.43. The fourth-order valence-corrected chi connectivity index (χ4v) is 1.43. The Morgan fingerprint density at radius 1 is 1.43 bits per heavy atom. The Kier molecular flexibility index (Phi) is 3.89. The predicted octanol–water partition coefficient (Wildman–Crippen LogP) is 1.48. The molecule has 14 heavy (non-hydrogen) atoms. The van der Waals surface area contributed by atoms with Gasteiger partial charge in [0.25, 0.3) is 0 Å². The summed E-state index contributed by atoms with van der Waals surface area (Å²) in [6.45, 7) is 4.09. The highest BCUT2D eigenvalue weighted by Gasteiger charge is 2.33. The van der Waals surface area contributed by atoms with Crippen molar-refractivity contribution in [2.24, 2.45) is 0 Å². The van der Waals surface area contributed by atoms with Crippen LogP contribution in [0.3, 0.4) is 0 Å². The standard InChI is InChI=1S/C10H18O4/c1-10(2,9(11)12-3)14-8-6-4-5-7-13-8/h8H,4-7H2,1-3H3. The van der Waals surface area contributed by atoms with Crippen LogP contribution >= 0.6 is 0 Å². The summed E-state index contributed by atoms with van der Waals surface area (Å²) in [4.78, 5) is 11.3. The third-order valence-corrected chi connectivity index (χ3v) is 2.24. The molecule has 1 rings (SSSR count). The van der Waals surface area contributed by atoms with Crippen molar-refractivity contribution >= 4 is 5.97 Å². The van der Waals surface area contributed by atoms with Crippen LogP contribution < -0.4 is 0 Å². The lowest BCUT2D eigenvalue weighted by molar-refractivity contribution is -0.225. The van der Waals surface area contributed by atoms with Gasteiger partial charge in [-0.2, -0.15) is 0 Å². The molecule has 1 aliphatic rings. The largest absolute Gasteiger partial charge is 0.467 e. The molecule has 0 aromatic rings. The van der Waals surface area contributed by atoms with Gasteiger partial charge in [0, 0.05) is 6.61 Å². The van der Waals surface area contributed by atoms with E-state index in [1.165, 1.54) is 7.11 Å². The number of methoxy groups -OCH3 is 1. The first-order chi connectivity index (χ1) is 6.56. The monoisotopic (exact) mass is 202 g/mol. The molecule has 0 N–H and O–H groups in total. The topological polar surface area (TPSA) is 44.8 Å². The van der Waals surface area contributed by atoms with Crippen LogP contribution in [-0.4, -0.2) is 31.6 Å². The number of rotatable bonds is 3. The Morgan fingerprint density at radius 2 is 2.14 bits per heavy atom. The van der Waals surface area contributed by atoms with E-state index < -0.39 is 5.60 Å². The molecule has 82 valence electrons. The molecular weight excluding hydrogens is 184 g/mol. The van der Waals surface area contributed by atoms with Crippen LogP contribution in [0.15, 0.2) is 0 Å². The number of carbonyl (C=O) groups is 1. The zero-order valence-corrected chi connectivity index (χ0v) is 9.04. The highest BCUT2D eigenvalue weighted by atomic mass is 16.7. The fraction of sp³-hybridized carbons (Fsp3) is 0.900. The van der Waals surface area contributed by atoms with Crippen molar-refractivity contribution in [2.45, 2.75) is 45.0 Å². The van der Waals surface area contributed by atoms with E-state index in [1.54, 1.807) is 13.8 Å². The van der Waals surface area contributed by atoms with E-state index in [4.69, 9.17) is 9.47 Å². The third kappa shape index (κ3) is 2.96. The molecule has 0 aromatic heterocycles. The Bertz CT molecular complexity index is 194. The van der Waals surface area contributed by atoms with Crippen LogP contribution in [0, 0.1) is 0 Å². The first kappa shape index (κ1) is 11.5. The SMILES string of the molecule is COC(=O)C(C)(C)OC1CCCCO1. The number of hydrogen-bond donors (Lipinski definition) is 0. The molecule has 4 heteroatoms. The molecule has 1 heterocycles. The van der Waals surface area contributed by atoms with Crippen LogP contribution in [0.5, 0.6) is 0 Å². The minimum Gasteiger partial charge on any atom is -0.467 e. The maximum Gasteiger partial charge on any atom is 0.337 e. The zero-order chi connectivity index (χ0) is 10.6. The van der Waals surface area contributed by atoms with Gasteiger partial charge in [0.05, 0.1) is 7.11 Å². The van der Waals surface area contributed by atoms with Crippen molar-refractivity contribution in [3.63, 3.8) is 0 Å². The molecule has 0 saturated carbocycles. The van der Waals surface area contributed by atoms with Gasteiger partial charge < -0.3 is 14.2 Å². The normalized spacial score (nSPS) is 23.2. The van der Waals surface area contributed by atoms with E-state index in [9.17, 15) is 4.79 Å². The van der Waals surface area contributed by atoms with Crippen LogP contribution in [0.4, 0.5) is 0 Å². The second-order valence-corrected chi connectivity index (χ2v) is 3.92. The van der Waals surface area contributed by atoms with E-state index in [2.05, 4.69) is 4.74 Å². The number of ether oxygens (including phenoxy) is 3. The predicted molar refractivity (Wildman–Crippen MR) is 50.8 cm³/mol. The Labute approximate surface area is 84.5 Å². The van der Waals surface area contributed by atoms with Gasteiger partial charge >= 0.3 is 5.97 Å². The van der Waals surface area contributed by atoms with Crippen LogP contribution in [0.25, 0.3) is 0 Å². The summed E-state index contributed by atoms with van der Waals surface area (Å²) in [6, 6.07) is 0. The first-order valence-corrected chi connectivity index (χ1v) is 4.94. The molecule has 1 fully saturated rings. The Hall–Kier alpha value is -0.610. The smallest absolute Gasteiger partial charge is 0.337 e. The first-order valence-electron chi connectivity index (χ1n) is 4.94. The number of esters is 1. The van der Waals surface area contributed by atoms with Gasteiger partial charge in [-0.25, -0.2) is 4.79 Å². The van der Waals surface area contributed by atoms with Crippen LogP contribution in [-0.2, 0) is 19.0 Å². The molecule has 1 aliphatic heterocycles. The van der Waals surface area contributed by atoms with Crippen molar-refractivity contribution < 1.29 is 19.0 Å². The molecule has 0 aromatic carbocycles. The lowest BCUT2D eigenvalue weighted by atomic mass is 10.1. The maximum atomic E-state index is 11.3. The molecule has 1 saturated heterocycles. The molecule has 0 radical (unpaired) electrons. The molecule has 1 atom stereocenters. The van der Waals surface area contributed by atoms with Gasteiger partial charge in [-0.3, -0.25) is 0 Å². The van der Waals surface area contributed by atoms with E-state index in [-0.39, 0.29) is 12.3 Å². The van der Waals surface area contributed by atoms with E-state index in [0.29, 0.717) is 6.61 Å². The van der Waals surface area contributed by atoms with Crippen molar-refractivity contribution in [3.8, 4) is 0 Å². The molecule has 0 amide bonds. The van der Waals surface area contributed by atoms with Crippen molar-refractivity contribution in [1.82, 2.24) is 0 Å². The minimum absolute atomic E-state index is 0.266. The van der Waals surface area contributed by atoms with Crippen LogP contribution in [0.1, 0.15) is 33.1 Å². The molecule has 1 unspecified atom stereocenters. The number of hydrogen-bond acceptors (Lipinski definition) is 4. The average molecular weight is 202 g/mol. The van der Waals surface area contributed by atoms with Gasteiger partial charge in [0.1, 0.15) is 0 Å².